The molecule has 0 fully saturated rings. The Morgan fingerprint density at radius 3 is 2.16 bits per heavy atom. The molecule has 3 aliphatic rings. The van der Waals surface area contributed by atoms with Crippen LogP contribution in [0.5, 0.6) is 0 Å². The van der Waals surface area contributed by atoms with Crippen LogP contribution >= 0.6 is 24.0 Å². The second-order valence-corrected chi connectivity index (χ2v) is 15.6. The number of thiocarbonyl (C=S) groups is 1. The Kier molecular flexibility index (Phi) is 12.1. The van der Waals surface area contributed by atoms with Gasteiger partial charge in [-0.2, -0.15) is 9.57 Å². The second-order valence-electron chi connectivity index (χ2n) is 13.6. The summed E-state index contributed by atoms with van der Waals surface area (Å²) in [6.45, 7) is 15.8. The first-order valence-corrected chi connectivity index (χ1v) is 19.6. The predicted octanol–water partition coefficient (Wildman–Crippen LogP) is 6.48. The summed E-state index contributed by atoms with van der Waals surface area (Å²) in [5, 5.41) is 2.49. The van der Waals surface area contributed by atoms with Gasteiger partial charge in [-0.3, -0.25) is 0 Å². The van der Waals surface area contributed by atoms with Crippen LogP contribution in [0.1, 0.15) is 71.9 Å². The van der Waals surface area contributed by atoms with Crippen molar-refractivity contribution >= 4 is 51.9 Å². The Morgan fingerprint density at radius 1 is 0.863 bits per heavy atom. The molecule has 0 radical (unpaired) electrons. The molecule has 3 aromatic rings. The maximum absolute atomic E-state index is 8.49. The Balaban J connectivity index is 0.000000943. The lowest BCUT2D eigenvalue weighted by Gasteiger charge is -2.26. The highest BCUT2D eigenvalue weighted by molar-refractivity contribution is 8.03. The quantitative estimate of drug-likeness (QED) is 0.148. The number of thioether (sulfide) groups is 1. The molecule has 0 atom stereocenters. The molecule has 1 aliphatic carbocycles. The first-order chi connectivity index (χ1) is 24.2. The summed E-state index contributed by atoms with van der Waals surface area (Å²) in [6.07, 6.45) is 12.9. The van der Waals surface area contributed by atoms with Gasteiger partial charge in [-0.1, -0.05) is 74.2 Å². The molecule has 2 heterocycles. The van der Waals surface area contributed by atoms with E-state index in [1.54, 1.807) is 0 Å². The summed E-state index contributed by atoms with van der Waals surface area (Å²) in [7, 11) is -4.94. The van der Waals surface area contributed by atoms with E-state index >= 15 is 0 Å². The molecule has 10 heteroatoms. The Morgan fingerprint density at radius 2 is 1.51 bits per heavy atom. The van der Waals surface area contributed by atoms with Crippen LogP contribution in [-0.2, 0) is 10.8 Å². The minimum Gasteiger partial charge on any atom is -0.344 e. The highest BCUT2D eigenvalue weighted by Crippen LogP contribution is 2.48. The summed E-state index contributed by atoms with van der Waals surface area (Å²) < 4.78 is 36.5. The largest absolute Gasteiger partial charge is 0.344 e. The van der Waals surface area contributed by atoms with Gasteiger partial charge < -0.3 is 4.90 Å². The van der Waals surface area contributed by atoms with Crippen molar-refractivity contribution in [1.29, 1.82) is 0 Å². The van der Waals surface area contributed by atoms with Crippen LogP contribution in [0.25, 0.3) is 0 Å². The van der Waals surface area contributed by atoms with E-state index in [4.69, 9.17) is 30.9 Å². The number of para-hydroxylation sites is 2. The summed E-state index contributed by atoms with van der Waals surface area (Å²) >= 11 is 6.70. The van der Waals surface area contributed by atoms with Crippen LogP contribution in [0.2, 0.25) is 0 Å². The normalized spacial score (nSPS) is 19.3. The Labute approximate surface area is 313 Å². The number of nitrogens with zero attached hydrogens (tertiary/aromatic N) is 3. The maximum Gasteiger partial charge on any atom is 0.209 e. The van der Waals surface area contributed by atoms with Gasteiger partial charge in [-0.25, -0.2) is 18.6 Å². The van der Waals surface area contributed by atoms with Gasteiger partial charge in [-0.15, -0.1) is 10.2 Å². The lowest BCUT2D eigenvalue weighted by Crippen LogP contribution is -2.68. The molecule has 7 nitrogen and oxygen atoms in total. The van der Waals surface area contributed by atoms with Crippen molar-refractivity contribution in [1.82, 2.24) is 0 Å². The van der Waals surface area contributed by atoms with Crippen molar-refractivity contribution in [2.24, 2.45) is 4.99 Å². The third kappa shape index (κ3) is 8.54. The minimum atomic E-state index is -4.94. The first kappa shape index (κ1) is 38.6. The molecule has 0 aromatic heterocycles. The zero-order chi connectivity index (χ0) is 37.0. The third-order valence-corrected chi connectivity index (χ3v) is 11.2. The number of hydrogen-bond donors (Lipinski definition) is 0. The number of likely N-dealkylation sites (N-methyl/N-ethyl adjacent to an activating group) is 1. The molecule has 0 saturated heterocycles. The van der Waals surface area contributed by atoms with Gasteiger partial charge >= 0.3 is 0 Å². The van der Waals surface area contributed by atoms with Crippen LogP contribution in [-0.4, -0.2) is 28.5 Å². The average Bonchev–Trinajstić information content (AvgIpc) is 3.45. The van der Waals surface area contributed by atoms with Gasteiger partial charge in [0, 0.05) is 50.9 Å². The summed E-state index contributed by atoms with van der Waals surface area (Å²) in [4.78, 5) is 9.21. The van der Waals surface area contributed by atoms with Gasteiger partial charge in [0.25, 0.3) is 0 Å². The molecule has 0 saturated carbocycles. The Hall–Kier alpha value is -3.63. The van der Waals surface area contributed by atoms with Gasteiger partial charge in [0.1, 0.15) is 6.54 Å². The molecule has 0 unspecified atom stereocenters. The topological polar surface area (TPSA) is 111 Å². The van der Waals surface area contributed by atoms with E-state index in [1.807, 2.05) is 23.9 Å². The predicted molar refractivity (Wildman–Crippen MR) is 201 cm³/mol. The SMILES string of the molecule is CCN1/C(=C/C=C2\CCCC(/C=C/C3=[N+](CC)c4ccccc4C3(C)C)=C2Sc2ccc(N=C=S)cc2)C(C)(C)c2ccccc21.[O-][Cl+3]([O-])([O-])[O-]. The molecule has 0 amide bonds. The van der Waals surface area contributed by atoms with Crippen LogP contribution in [0.3, 0.4) is 0 Å². The van der Waals surface area contributed by atoms with Gasteiger partial charge in [0.05, 0.1) is 16.3 Å². The lowest BCUT2D eigenvalue weighted by molar-refractivity contribution is -2.00. The number of aliphatic imine (C=N–C) groups is 1. The fourth-order valence-electron chi connectivity index (χ4n) is 7.43. The number of rotatable bonds is 8. The highest BCUT2D eigenvalue weighted by Gasteiger charge is 2.43. The second kappa shape index (κ2) is 15.9. The van der Waals surface area contributed by atoms with Crippen molar-refractivity contribution in [2.75, 3.05) is 18.0 Å². The van der Waals surface area contributed by atoms with Crippen molar-refractivity contribution in [3.05, 3.63) is 130 Å². The van der Waals surface area contributed by atoms with Crippen LogP contribution < -0.4 is 23.5 Å². The number of benzene rings is 3. The fraction of sp³-hybridized carbons (Fsp3) is 0.317. The number of allylic oxidation sites excluding steroid dienone is 7. The van der Waals surface area contributed by atoms with Crippen LogP contribution in [0.15, 0.2) is 129 Å². The smallest absolute Gasteiger partial charge is 0.209 e. The number of isothiocyanates is 1. The number of anilines is 1. The van der Waals surface area contributed by atoms with Gasteiger partial charge in [0.15, 0.2) is 5.71 Å². The average molecular weight is 742 g/mol. The van der Waals surface area contributed by atoms with Gasteiger partial charge in [0.2, 0.25) is 5.69 Å². The van der Waals surface area contributed by atoms with E-state index in [0.29, 0.717) is 0 Å². The van der Waals surface area contributed by atoms with E-state index in [2.05, 4.69) is 146 Å². The van der Waals surface area contributed by atoms with Crippen LogP contribution in [0, 0.1) is 10.2 Å². The van der Waals surface area contributed by atoms with Crippen molar-refractivity contribution < 1.29 is 33.5 Å². The van der Waals surface area contributed by atoms with Crippen molar-refractivity contribution in [3.63, 3.8) is 0 Å². The standard InChI is InChI=1S/C41H44N3S2.ClHO4/c1-7-43-35-18-11-9-16-33(35)40(3,4)37(43)26-20-29-14-13-15-30(39(29)46-32-24-22-31(23-25-32)42-28-45)21-27-38-41(5,6)34-17-10-12-19-36(34)44(38)8-2;2-1(3,4)5/h9-12,16-27H,7-8,13-15H2,1-6H3;(H,2,3,4,5)/q+1;/p-1. The molecule has 6 rings (SSSR count). The third-order valence-electron chi connectivity index (χ3n) is 9.82. The molecule has 0 N–H and O–H groups in total. The summed E-state index contributed by atoms with van der Waals surface area (Å²) in [6, 6.07) is 26.1. The lowest BCUT2D eigenvalue weighted by atomic mass is 9.81. The number of hydrogen-bond acceptors (Lipinski definition) is 8. The summed E-state index contributed by atoms with van der Waals surface area (Å²) in [5.41, 5.74) is 11.7. The molecule has 0 spiro atoms. The molecular formula is C41H44ClN3O4S2. The Bertz CT molecular complexity index is 1980. The zero-order valence-corrected chi connectivity index (χ0v) is 32.3. The molecule has 266 valence electrons. The van der Waals surface area contributed by atoms with E-state index in [-0.39, 0.29) is 10.8 Å². The van der Waals surface area contributed by atoms with Crippen molar-refractivity contribution in [3.8, 4) is 0 Å². The van der Waals surface area contributed by atoms with E-state index < -0.39 is 10.2 Å². The number of halogens is 1. The molecule has 3 aromatic carbocycles. The molecular weight excluding hydrogens is 698 g/mol. The van der Waals surface area contributed by atoms with E-state index in [9.17, 15) is 0 Å². The molecule has 51 heavy (non-hydrogen) atoms. The zero-order valence-electron chi connectivity index (χ0n) is 29.9. The van der Waals surface area contributed by atoms with E-state index in [1.165, 1.54) is 54.9 Å². The van der Waals surface area contributed by atoms with Crippen LogP contribution in [0.4, 0.5) is 17.1 Å². The molecule has 2 aliphatic heterocycles. The first-order valence-electron chi connectivity index (χ1n) is 17.1. The minimum absolute atomic E-state index is 0.0561. The van der Waals surface area contributed by atoms with Gasteiger partial charge in [-0.05, 0) is 112 Å². The van der Waals surface area contributed by atoms with Crippen molar-refractivity contribution in [2.45, 2.75) is 76.5 Å². The molecule has 0 bridgehead atoms. The van der Waals surface area contributed by atoms with E-state index in [0.717, 1.165) is 38.0 Å². The number of fused-ring (bicyclic) bond motifs is 2. The maximum atomic E-state index is 8.49. The highest BCUT2D eigenvalue weighted by atomic mass is 35.7. The fourth-order valence-corrected chi connectivity index (χ4v) is 8.65. The monoisotopic (exact) mass is 741 g/mol. The summed E-state index contributed by atoms with van der Waals surface area (Å²) in [5.74, 6) is 0.